The van der Waals surface area contributed by atoms with E-state index in [2.05, 4.69) is 47.6 Å². The number of nitrogens with one attached hydrogen (secondary N) is 4. The molecule has 1 atom stereocenters. The van der Waals surface area contributed by atoms with Gasteiger partial charge in [0.2, 0.25) is 23.7 Å². The van der Waals surface area contributed by atoms with Crippen molar-refractivity contribution in [1.29, 1.82) is 0 Å². The number of hydrogen-bond donors (Lipinski definition) is 4. The maximum absolute atomic E-state index is 13.6. The van der Waals surface area contributed by atoms with E-state index in [1.807, 2.05) is 45.0 Å². The highest BCUT2D eigenvalue weighted by molar-refractivity contribution is 5.79. The van der Waals surface area contributed by atoms with Gasteiger partial charge in [0.1, 0.15) is 17.2 Å². The molecule has 0 aliphatic heterocycles. The quantitative estimate of drug-likeness (QED) is 0.0900. The van der Waals surface area contributed by atoms with Crippen molar-refractivity contribution in [3.63, 3.8) is 0 Å². The average molecular weight is 711 g/mol. The van der Waals surface area contributed by atoms with Crippen molar-refractivity contribution in [2.45, 2.75) is 90.0 Å². The Morgan fingerprint density at radius 3 is 2.02 bits per heavy atom. The number of benzene rings is 1. The molecule has 1 unspecified atom stereocenters. The third-order valence-electron chi connectivity index (χ3n) is 9.58. The molecule has 2 amide bonds. The fourth-order valence-corrected chi connectivity index (χ4v) is 6.39. The summed E-state index contributed by atoms with van der Waals surface area (Å²) >= 11 is 0. The number of amides is 2. The minimum atomic E-state index is -2.70. The number of aromatic amines is 1. The number of aliphatic imine (C=N–C) groups is 1. The van der Waals surface area contributed by atoms with Gasteiger partial charge in [-0.05, 0) is 43.4 Å². The van der Waals surface area contributed by atoms with Crippen molar-refractivity contribution in [2.75, 3.05) is 13.1 Å². The Kier molecular flexibility index (Phi) is 11.6. The normalized spacial score (nSPS) is 18.8. The standard InChI is InChI=1S/C37H46F4N8O2/c1-35(2,3)31(49-34(51)26-11-15-37(40,41)16-12-26)32-47-21-28(48-32)24-7-5-23(6-8-24)27-20-46-30(22-45-27)29(42-4)19-43-17-18-44-33(50)25-9-13-36(38,39)14-10-25/h5-8,19-22,25-26,31,43H,4,9-18H2,1-3H3,(H,44,50)(H,47,48)(H,49,51)/b29-19-. The molecule has 2 aromatic heterocycles. The van der Waals surface area contributed by atoms with E-state index in [4.69, 9.17) is 0 Å². The third-order valence-corrected chi connectivity index (χ3v) is 9.58. The smallest absolute Gasteiger partial charge is 0.248 e. The zero-order chi connectivity index (χ0) is 36.8. The lowest BCUT2D eigenvalue weighted by molar-refractivity contribution is -0.131. The SMILES string of the molecule is C=N/C(=C\NCCNC(=O)C1CCC(F)(F)CC1)c1cnc(-c2ccc(-c3cnc(C(NC(=O)C4CCC(F)(F)CC4)C(C)(C)C)[nH]3)cc2)cn1. The molecular weight excluding hydrogens is 664 g/mol. The summed E-state index contributed by atoms with van der Waals surface area (Å²) in [6.07, 6.45) is 6.23. The highest BCUT2D eigenvalue weighted by Gasteiger charge is 2.40. The summed E-state index contributed by atoms with van der Waals surface area (Å²) in [4.78, 5) is 46.3. The molecule has 3 aromatic rings. The number of aromatic nitrogens is 4. The second-order valence-corrected chi connectivity index (χ2v) is 14.5. The molecule has 14 heteroatoms. The average Bonchev–Trinajstić information content (AvgIpc) is 3.58. The van der Waals surface area contributed by atoms with Crippen LogP contribution in [0.4, 0.5) is 17.6 Å². The van der Waals surface area contributed by atoms with E-state index < -0.39 is 23.8 Å². The lowest BCUT2D eigenvalue weighted by Gasteiger charge is -2.33. The number of alkyl halides is 4. The Morgan fingerprint density at radius 1 is 0.882 bits per heavy atom. The van der Waals surface area contributed by atoms with E-state index >= 15 is 0 Å². The van der Waals surface area contributed by atoms with E-state index in [1.54, 1.807) is 24.8 Å². The number of nitrogens with zero attached hydrogens (tertiary/aromatic N) is 4. The van der Waals surface area contributed by atoms with Crippen LogP contribution in [0.2, 0.25) is 0 Å². The Labute approximate surface area is 295 Å². The highest BCUT2D eigenvalue weighted by Crippen LogP contribution is 2.38. The van der Waals surface area contributed by atoms with Crippen LogP contribution in [0, 0.1) is 17.3 Å². The van der Waals surface area contributed by atoms with Crippen LogP contribution in [0.25, 0.3) is 28.2 Å². The van der Waals surface area contributed by atoms with Crippen molar-refractivity contribution >= 4 is 24.2 Å². The number of halogens is 4. The van der Waals surface area contributed by atoms with Crippen LogP contribution in [-0.4, -0.2) is 63.4 Å². The van der Waals surface area contributed by atoms with Gasteiger partial charge >= 0.3 is 0 Å². The number of rotatable bonds is 12. The van der Waals surface area contributed by atoms with Crippen molar-refractivity contribution in [3.8, 4) is 22.5 Å². The van der Waals surface area contributed by atoms with Gasteiger partial charge in [-0.25, -0.2) is 22.5 Å². The maximum atomic E-state index is 13.6. The molecule has 51 heavy (non-hydrogen) atoms. The molecule has 5 rings (SSSR count). The summed E-state index contributed by atoms with van der Waals surface area (Å²) in [6, 6.07) is 7.24. The second kappa shape index (κ2) is 15.7. The number of imidazole rings is 1. The lowest BCUT2D eigenvalue weighted by atomic mass is 9.83. The summed E-state index contributed by atoms with van der Waals surface area (Å²) in [7, 11) is 0. The molecule has 2 saturated carbocycles. The predicted octanol–water partition coefficient (Wildman–Crippen LogP) is 7.09. The van der Waals surface area contributed by atoms with Crippen LogP contribution in [-0.2, 0) is 9.59 Å². The molecule has 2 aliphatic carbocycles. The van der Waals surface area contributed by atoms with Crippen LogP contribution in [0.5, 0.6) is 0 Å². The van der Waals surface area contributed by atoms with Gasteiger partial charge in [0.05, 0.1) is 36.0 Å². The zero-order valence-electron chi connectivity index (χ0n) is 29.2. The largest absolute Gasteiger partial charge is 0.387 e. The second-order valence-electron chi connectivity index (χ2n) is 14.5. The Bertz CT molecular complexity index is 1680. The topological polar surface area (TPSA) is 137 Å². The first-order valence-corrected chi connectivity index (χ1v) is 17.4. The first-order valence-electron chi connectivity index (χ1n) is 17.4. The van der Waals surface area contributed by atoms with E-state index in [0.717, 1.165) is 16.8 Å². The molecule has 4 N–H and O–H groups in total. The number of carbonyl (C=O) groups excluding carboxylic acids is 2. The lowest BCUT2D eigenvalue weighted by Crippen LogP contribution is -2.42. The number of carbonyl (C=O) groups is 2. The predicted molar refractivity (Wildman–Crippen MR) is 188 cm³/mol. The minimum Gasteiger partial charge on any atom is -0.387 e. The van der Waals surface area contributed by atoms with Gasteiger partial charge in [-0.2, -0.15) is 0 Å². The molecule has 0 spiro atoms. The van der Waals surface area contributed by atoms with Crippen molar-refractivity contribution in [3.05, 3.63) is 60.6 Å². The Balaban J connectivity index is 1.15. The molecule has 0 bridgehead atoms. The van der Waals surface area contributed by atoms with Gasteiger partial charge in [-0.3, -0.25) is 24.5 Å². The number of hydrogen-bond acceptors (Lipinski definition) is 7. The summed E-state index contributed by atoms with van der Waals surface area (Å²) in [5, 5.41) is 8.93. The Morgan fingerprint density at radius 2 is 1.47 bits per heavy atom. The molecule has 1 aromatic carbocycles. The van der Waals surface area contributed by atoms with Gasteiger partial charge < -0.3 is 20.9 Å². The van der Waals surface area contributed by atoms with Crippen LogP contribution in [0.1, 0.15) is 89.7 Å². The summed E-state index contributed by atoms with van der Waals surface area (Å²) in [5.74, 6) is -6.02. The van der Waals surface area contributed by atoms with Gasteiger partial charge in [-0.15, -0.1) is 0 Å². The molecule has 2 fully saturated rings. The van der Waals surface area contributed by atoms with Gasteiger partial charge in [0, 0.05) is 62.4 Å². The van der Waals surface area contributed by atoms with Gasteiger partial charge in [-0.1, -0.05) is 45.0 Å². The molecule has 10 nitrogen and oxygen atoms in total. The van der Waals surface area contributed by atoms with Crippen molar-refractivity contribution < 1.29 is 27.2 Å². The van der Waals surface area contributed by atoms with Crippen LogP contribution >= 0.6 is 0 Å². The van der Waals surface area contributed by atoms with Gasteiger partial charge in [0.25, 0.3) is 0 Å². The van der Waals surface area contributed by atoms with Crippen LogP contribution < -0.4 is 16.0 Å². The first-order chi connectivity index (χ1) is 24.1. The van der Waals surface area contributed by atoms with E-state index in [0.29, 0.717) is 36.0 Å². The third kappa shape index (κ3) is 10.0. The monoisotopic (exact) mass is 710 g/mol. The zero-order valence-corrected chi connectivity index (χ0v) is 29.2. The summed E-state index contributed by atoms with van der Waals surface area (Å²) in [6.45, 7) is 10.3. The van der Waals surface area contributed by atoms with E-state index in [9.17, 15) is 27.2 Å². The van der Waals surface area contributed by atoms with Crippen molar-refractivity contribution in [1.82, 2.24) is 35.9 Å². The maximum Gasteiger partial charge on any atom is 0.248 e. The van der Waals surface area contributed by atoms with E-state index in [1.165, 1.54) is 0 Å². The summed E-state index contributed by atoms with van der Waals surface area (Å²) in [5.41, 5.74) is 3.69. The van der Waals surface area contributed by atoms with Gasteiger partial charge in [0.15, 0.2) is 0 Å². The van der Waals surface area contributed by atoms with E-state index in [-0.39, 0.29) is 74.5 Å². The first kappa shape index (κ1) is 37.6. The summed E-state index contributed by atoms with van der Waals surface area (Å²) < 4.78 is 54.0. The molecule has 0 radical (unpaired) electrons. The molecule has 2 heterocycles. The van der Waals surface area contributed by atoms with Crippen LogP contribution in [0.15, 0.2) is 54.0 Å². The highest BCUT2D eigenvalue weighted by atomic mass is 19.3. The van der Waals surface area contributed by atoms with Crippen molar-refractivity contribution in [2.24, 2.45) is 22.2 Å². The minimum absolute atomic E-state index is 0.165. The fraction of sp³-hybridized carbons (Fsp3) is 0.514. The molecule has 2 aliphatic rings. The van der Waals surface area contributed by atoms with Crippen LogP contribution in [0.3, 0.4) is 0 Å². The number of H-pyrrole nitrogens is 1. The Hall–Kier alpha value is -4.62. The molecule has 0 saturated heterocycles. The molecule has 274 valence electrons. The fourth-order valence-electron chi connectivity index (χ4n) is 6.39. The molecular formula is C37H46F4N8O2.